The lowest BCUT2D eigenvalue weighted by molar-refractivity contribution is -0.384. The van der Waals surface area contributed by atoms with Crippen LogP contribution < -0.4 is 5.73 Å². The van der Waals surface area contributed by atoms with E-state index in [1.807, 2.05) is 24.3 Å². The number of rotatable bonds is 3. The molecule has 0 radical (unpaired) electrons. The van der Waals surface area contributed by atoms with Gasteiger partial charge in [0.25, 0.3) is 5.69 Å². The molecular formula is C13H10BrClN2O2. The zero-order valence-electron chi connectivity index (χ0n) is 9.72. The molecular weight excluding hydrogens is 332 g/mol. The Labute approximate surface area is 123 Å². The summed E-state index contributed by atoms with van der Waals surface area (Å²) >= 11 is 9.23. The quantitative estimate of drug-likeness (QED) is 0.676. The lowest BCUT2D eigenvalue weighted by Crippen LogP contribution is -2.12. The Hall–Kier alpha value is -1.43. The van der Waals surface area contributed by atoms with Crippen LogP contribution in [0.5, 0.6) is 0 Å². The monoisotopic (exact) mass is 340 g/mol. The number of nitro groups is 1. The van der Waals surface area contributed by atoms with Crippen molar-refractivity contribution in [3.8, 4) is 0 Å². The van der Waals surface area contributed by atoms with Crippen molar-refractivity contribution in [1.82, 2.24) is 0 Å². The molecule has 0 aliphatic rings. The van der Waals surface area contributed by atoms with Crippen LogP contribution in [0.25, 0.3) is 0 Å². The lowest BCUT2D eigenvalue weighted by Gasteiger charge is -2.13. The van der Waals surface area contributed by atoms with Crippen molar-refractivity contribution >= 4 is 33.2 Å². The average Bonchev–Trinajstić information content (AvgIpc) is 2.38. The van der Waals surface area contributed by atoms with Crippen LogP contribution in [0, 0.1) is 10.1 Å². The third kappa shape index (κ3) is 3.32. The van der Waals surface area contributed by atoms with Gasteiger partial charge in [0.05, 0.1) is 11.0 Å². The van der Waals surface area contributed by atoms with Gasteiger partial charge in [-0.1, -0.05) is 39.7 Å². The Morgan fingerprint density at radius 2 is 1.79 bits per heavy atom. The number of nitrogens with zero attached hydrogens (tertiary/aromatic N) is 1. The Morgan fingerprint density at radius 1 is 1.16 bits per heavy atom. The van der Waals surface area contributed by atoms with E-state index in [9.17, 15) is 10.1 Å². The highest BCUT2D eigenvalue weighted by Crippen LogP contribution is 2.28. The van der Waals surface area contributed by atoms with Crippen molar-refractivity contribution in [3.05, 3.63) is 73.2 Å². The number of nitrogens with two attached hydrogens (primary N) is 1. The highest BCUT2D eigenvalue weighted by Gasteiger charge is 2.15. The van der Waals surface area contributed by atoms with E-state index in [-0.39, 0.29) is 5.69 Å². The van der Waals surface area contributed by atoms with Gasteiger partial charge < -0.3 is 5.73 Å². The van der Waals surface area contributed by atoms with Crippen LogP contribution in [0.1, 0.15) is 17.2 Å². The standard InChI is InChI=1S/C13H10BrClN2O2/c14-10-3-1-8(2-4-10)13(16)9-5-11(15)7-12(6-9)17(18)19/h1-7,13H,16H2. The normalized spacial score (nSPS) is 12.2. The van der Waals surface area contributed by atoms with Gasteiger partial charge >= 0.3 is 0 Å². The maximum absolute atomic E-state index is 10.8. The number of halogens is 2. The van der Waals surface area contributed by atoms with E-state index in [0.717, 1.165) is 10.0 Å². The first kappa shape index (κ1) is 14.0. The molecule has 0 saturated carbocycles. The highest BCUT2D eigenvalue weighted by molar-refractivity contribution is 9.10. The van der Waals surface area contributed by atoms with Crippen molar-refractivity contribution in [2.24, 2.45) is 5.73 Å². The molecule has 2 aromatic rings. The van der Waals surface area contributed by atoms with E-state index in [0.29, 0.717) is 10.6 Å². The van der Waals surface area contributed by atoms with Crippen molar-refractivity contribution in [2.75, 3.05) is 0 Å². The summed E-state index contributed by atoms with van der Waals surface area (Å²) < 4.78 is 0.945. The van der Waals surface area contributed by atoms with Gasteiger partial charge in [-0.15, -0.1) is 0 Å². The van der Waals surface area contributed by atoms with E-state index < -0.39 is 11.0 Å². The smallest absolute Gasteiger partial charge is 0.271 e. The van der Waals surface area contributed by atoms with Gasteiger partial charge in [0.15, 0.2) is 0 Å². The molecule has 0 fully saturated rings. The first-order valence-electron chi connectivity index (χ1n) is 5.43. The summed E-state index contributed by atoms with van der Waals surface area (Å²) in [5, 5.41) is 11.1. The van der Waals surface area contributed by atoms with E-state index >= 15 is 0 Å². The number of non-ortho nitro benzene ring substituents is 1. The maximum Gasteiger partial charge on any atom is 0.271 e. The van der Waals surface area contributed by atoms with Crippen molar-refractivity contribution in [2.45, 2.75) is 6.04 Å². The molecule has 0 saturated heterocycles. The number of hydrogen-bond acceptors (Lipinski definition) is 3. The summed E-state index contributed by atoms with van der Waals surface area (Å²) in [6.45, 7) is 0. The molecule has 0 aromatic heterocycles. The molecule has 1 atom stereocenters. The van der Waals surface area contributed by atoms with Crippen molar-refractivity contribution in [3.63, 3.8) is 0 Å². The number of hydrogen-bond donors (Lipinski definition) is 1. The average molecular weight is 342 g/mol. The Bertz CT molecular complexity index is 617. The second-order valence-corrected chi connectivity index (χ2v) is 5.38. The van der Waals surface area contributed by atoms with E-state index in [1.165, 1.54) is 12.1 Å². The SMILES string of the molecule is NC(c1ccc(Br)cc1)c1cc(Cl)cc([N+](=O)[O-])c1. The van der Waals surface area contributed by atoms with Crippen molar-refractivity contribution in [1.29, 1.82) is 0 Å². The molecule has 0 heterocycles. The fourth-order valence-corrected chi connectivity index (χ4v) is 2.25. The topological polar surface area (TPSA) is 69.2 Å². The minimum atomic E-state index is -0.482. The van der Waals surface area contributed by atoms with Crippen molar-refractivity contribution < 1.29 is 4.92 Å². The van der Waals surface area contributed by atoms with Gasteiger partial charge in [-0.3, -0.25) is 10.1 Å². The maximum atomic E-state index is 10.8. The molecule has 0 bridgehead atoms. The second-order valence-electron chi connectivity index (χ2n) is 4.03. The molecule has 0 spiro atoms. The Kier molecular flexibility index (Phi) is 4.19. The van der Waals surface area contributed by atoms with Gasteiger partial charge in [-0.2, -0.15) is 0 Å². The molecule has 2 aromatic carbocycles. The fraction of sp³-hybridized carbons (Fsp3) is 0.0769. The van der Waals surface area contributed by atoms with Crippen LogP contribution in [0.4, 0.5) is 5.69 Å². The van der Waals surface area contributed by atoms with Gasteiger partial charge in [-0.05, 0) is 29.3 Å². The first-order chi connectivity index (χ1) is 8.97. The van der Waals surface area contributed by atoms with Gasteiger partial charge in [-0.25, -0.2) is 0 Å². The third-order valence-electron chi connectivity index (χ3n) is 2.70. The Morgan fingerprint density at radius 3 is 2.37 bits per heavy atom. The van der Waals surface area contributed by atoms with E-state index in [4.69, 9.17) is 17.3 Å². The molecule has 2 N–H and O–H groups in total. The lowest BCUT2D eigenvalue weighted by atomic mass is 9.99. The number of nitro benzene ring substituents is 1. The predicted molar refractivity (Wildman–Crippen MR) is 78.3 cm³/mol. The molecule has 0 aliphatic heterocycles. The molecule has 0 amide bonds. The summed E-state index contributed by atoms with van der Waals surface area (Å²) in [6, 6.07) is 11.4. The van der Waals surface area contributed by atoms with Crippen LogP contribution >= 0.6 is 27.5 Å². The molecule has 19 heavy (non-hydrogen) atoms. The van der Waals surface area contributed by atoms with Crippen LogP contribution in [0.2, 0.25) is 5.02 Å². The van der Waals surface area contributed by atoms with Crippen LogP contribution in [0.3, 0.4) is 0 Å². The summed E-state index contributed by atoms with van der Waals surface area (Å²) in [5.74, 6) is 0. The molecule has 1 unspecified atom stereocenters. The molecule has 4 nitrogen and oxygen atoms in total. The molecule has 2 rings (SSSR count). The minimum absolute atomic E-state index is 0.0601. The fourth-order valence-electron chi connectivity index (χ4n) is 1.74. The van der Waals surface area contributed by atoms with Gasteiger partial charge in [0.1, 0.15) is 0 Å². The zero-order valence-corrected chi connectivity index (χ0v) is 12.1. The van der Waals surface area contributed by atoms with Gasteiger partial charge in [0, 0.05) is 21.6 Å². The second kappa shape index (κ2) is 5.69. The van der Waals surface area contributed by atoms with Crippen LogP contribution in [-0.4, -0.2) is 4.92 Å². The molecule has 98 valence electrons. The van der Waals surface area contributed by atoms with Gasteiger partial charge in [0.2, 0.25) is 0 Å². The number of benzene rings is 2. The largest absolute Gasteiger partial charge is 0.320 e. The van der Waals surface area contributed by atoms with Crippen LogP contribution in [-0.2, 0) is 0 Å². The summed E-state index contributed by atoms with van der Waals surface area (Å²) in [4.78, 5) is 10.3. The molecule has 0 aliphatic carbocycles. The zero-order chi connectivity index (χ0) is 14.0. The minimum Gasteiger partial charge on any atom is -0.320 e. The summed E-state index contributed by atoms with van der Waals surface area (Å²) in [7, 11) is 0. The Balaban J connectivity index is 2.40. The first-order valence-corrected chi connectivity index (χ1v) is 6.60. The summed E-state index contributed by atoms with van der Waals surface area (Å²) in [6.07, 6.45) is 0. The highest BCUT2D eigenvalue weighted by atomic mass is 79.9. The van der Waals surface area contributed by atoms with E-state index in [1.54, 1.807) is 6.07 Å². The predicted octanol–water partition coefficient (Wildman–Crippen LogP) is 4.06. The molecule has 6 heteroatoms. The van der Waals surface area contributed by atoms with Crippen LogP contribution in [0.15, 0.2) is 46.9 Å². The van der Waals surface area contributed by atoms with E-state index in [2.05, 4.69) is 15.9 Å². The summed E-state index contributed by atoms with van der Waals surface area (Å²) in [5.41, 5.74) is 7.52. The third-order valence-corrected chi connectivity index (χ3v) is 3.45.